The molecule has 66 valence electrons. The lowest BCUT2D eigenvalue weighted by atomic mass is 10.1. The van der Waals surface area contributed by atoms with Crippen LogP contribution < -0.4 is 5.73 Å². The van der Waals surface area contributed by atoms with E-state index in [2.05, 4.69) is 0 Å². The third kappa shape index (κ3) is 2.20. The van der Waals surface area contributed by atoms with Gasteiger partial charge in [0.1, 0.15) is 6.26 Å². The molecule has 3 heteroatoms. The van der Waals surface area contributed by atoms with Gasteiger partial charge in [-0.2, -0.15) is 0 Å². The molecule has 0 bridgehead atoms. The Morgan fingerprint density at radius 3 is 3.00 bits per heavy atom. The molecule has 0 spiro atoms. The maximum atomic E-state index is 11.3. The second-order valence-electron chi connectivity index (χ2n) is 2.81. The number of nitrogens with two attached hydrogens (primary N) is 1. The predicted molar refractivity (Wildman–Crippen MR) is 45.9 cm³/mol. The van der Waals surface area contributed by atoms with Gasteiger partial charge < -0.3 is 10.2 Å². The van der Waals surface area contributed by atoms with Crippen molar-refractivity contribution in [2.75, 3.05) is 0 Å². The van der Waals surface area contributed by atoms with Crippen molar-refractivity contribution in [3.8, 4) is 0 Å². The SMILES string of the molecule is CCC(N)CC(=O)c1ccoc1. The number of carbonyl (C=O) groups excluding carboxylic acids is 1. The summed E-state index contributed by atoms with van der Waals surface area (Å²) in [5, 5.41) is 0. The van der Waals surface area contributed by atoms with Crippen molar-refractivity contribution in [2.45, 2.75) is 25.8 Å². The zero-order valence-corrected chi connectivity index (χ0v) is 7.12. The summed E-state index contributed by atoms with van der Waals surface area (Å²) in [7, 11) is 0. The fourth-order valence-corrected chi connectivity index (χ4v) is 0.923. The van der Waals surface area contributed by atoms with Crippen LogP contribution in [0, 0.1) is 0 Å². The van der Waals surface area contributed by atoms with Gasteiger partial charge in [-0.3, -0.25) is 4.79 Å². The van der Waals surface area contributed by atoms with Crippen LogP contribution in [0.3, 0.4) is 0 Å². The summed E-state index contributed by atoms with van der Waals surface area (Å²) in [6.07, 6.45) is 4.16. The summed E-state index contributed by atoms with van der Waals surface area (Å²) in [6, 6.07) is 1.62. The molecule has 0 saturated heterocycles. The molecule has 1 aromatic rings. The van der Waals surface area contributed by atoms with Gasteiger partial charge in [0.25, 0.3) is 0 Å². The molecule has 1 heterocycles. The monoisotopic (exact) mass is 167 g/mol. The van der Waals surface area contributed by atoms with Crippen LogP contribution in [0.1, 0.15) is 30.1 Å². The lowest BCUT2D eigenvalue weighted by molar-refractivity contribution is 0.0973. The second kappa shape index (κ2) is 4.07. The second-order valence-corrected chi connectivity index (χ2v) is 2.81. The zero-order chi connectivity index (χ0) is 8.97. The molecular formula is C9H13NO2. The van der Waals surface area contributed by atoms with E-state index >= 15 is 0 Å². The van der Waals surface area contributed by atoms with E-state index in [1.807, 2.05) is 6.92 Å². The highest BCUT2D eigenvalue weighted by Gasteiger charge is 2.10. The van der Waals surface area contributed by atoms with Gasteiger partial charge in [-0.15, -0.1) is 0 Å². The number of rotatable bonds is 4. The molecule has 12 heavy (non-hydrogen) atoms. The molecule has 2 N–H and O–H groups in total. The van der Waals surface area contributed by atoms with Crippen molar-refractivity contribution in [1.82, 2.24) is 0 Å². The third-order valence-electron chi connectivity index (χ3n) is 1.82. The van der Waals surface area contributed by atoms with Gasteiger partial charge in [0, 0.05) is 12.5 Å². The van der Waals surface area contributed by atoms with Crippen LogP contribution in [-0.4, -0.2) is 11.8 Å². The summed E-state index contributed by atoms with van der Waals surface area (Å²) in [5.74, 6) is 0.0538. The molecule has 1 atom stereocenters. The zero-order valence-electron chi connectivity index (χ0n) is 7.12. The Morgan fingerprint density at radius 2 is 2.50 bits per heavy atom. The standard InChI is InChI=1S/C9H13NO2/c1-2-8(10)5-9(11)7-3-4-12-6-7/h3-4,6,8H,2,5,10H2,1H3. The van der Waals surface area contributed by atoms with Crippen LogP contribution >= 0.6 is 0 Å². The van der Waals surface area contributed by atoms with Gasteiger partial charge in [0.15, 0.2) is 5.78 Å². The van der Waals surface area contributed by atoms with Crippen LogP contribution in [0.2, 0.25) is 0 Å². The number of hydrogen-bond acceptors (Lipinski definition) is 3. The van der Waals surface area contributed by atoms with Crippen molar-refractivity contribution in [1.29, 1.82) is 0 Å². The first-order valence-corrected chi connectivity index (χ1v) is 4.05. The Kier molecular flexibility index (Phi) is 3.05. The normalized spacial score (nSPS) is 12.8. The predicted octanol–water partition coefficient (Wildman–Crippen LogP) is 1.59. The van der Waals surface area contributed by atoms with E-state index in [-0.39, 0.29) is 11.8 Å². The fraction of sp³-hybridized carbons (Fsp3) is 0.444. The highest BCUT2D eigenvalue weighted by atomic mass is 16.3. The summed E-state index contributed by atoms with van der Waals surface area (Å²) in [5.41, 5.74) is 6.24. The molecule has 1 aromatic heterocycles. The summed E-state index contributed by atoms with van der Waals surface area (Å²) in [6.45, 7) is 1.97. The molecule has 0 aliphatic heterocycles. The van der Waals surface area contributed by atoms with Crippen LogP contribution in [0.25, 0.3) is 0 Å². The van der Waals surface area contributed by atoms with E-state index < -0.39 is 0 Å². The molecule has 0 aromatic carbocycles. The van der Waals surface area contributed by atoms with Gasteiger partial charge in [0.05, 0.1) is 11.8 Å². The molecule has 0 aliphatic carbocycles. The number of carbonyl (C=O) groups is 1. The molecular weight excluding hydrogens is 154 g/mol. The minimum atomic E-state index is -0.0348. The van der Waals surface area contributed by atoms with E-state index in [1.165, 1.54) is 12.5 Å². The number of Topliss-reactive ketones (excluding diaryl/α,β-unsaturated/α-hetero) is 1. The molecule has 0 aliphatic rings. The highest BCUT2D eigenvalue weighted by Crippen LogP contribution is 2.06. The van der Waals surface area contributed by atoms with E-state index in [1.54, 1.807) is 6.07 Å². The van der Waals surface area contributed by atoms with Crippen molar-refractivity contribution < 1.29 is 9.21 Å². The Balaban J connectivity index is 2.50. The molecule has 0 fully saturated rings. The number of hydrogen-bond donors (Lipinski definition) is 1. The van der Waals surface area contributed by atoms with Crippen LogP contribution in [0.4, 0.5) is 0 Å². The van der Waals surface area contributed by atoms with Gasteiger partial charge in [-0.05, 0) is 12.5 Å². The van der Waals surface area contributed by atoms with Crippen molar-refractivity contribution in [3.05, 3.63) is 24.2 Å². The summed E-state index contributed by atoms with van der Waals surface area (Å²) < 4.78 is 4.79. The molecule has 1 unspecified atom stereocenters. The lowest BCUT2D eigenvalue weighted by Gasteiger charge is -2.04. The molecule has 0 radical (unpaired) electrons. The first-order valence-electron chi connectivity index (χ1n) is 4.05. The minimum absolute atomic E-state index is 0.0348. The van der Waals surface area contributed by atoms with Gasteiger partial charge in [0.2, 0.25) is 0 Å². The van der Waals surface area contributed by atoms with E-state index in [4.69, 9.17) is 10.2 Å². The third-order valence-corrected chi connectivity index (χ3v) is 1.82. The van der Waals surface area contributed by atoms with Crippen LogP contribution in [-0.2, 0) is 0 Å². The first-order chi connectivity index (χ1) is 5.74. The minimum Gasteiger partial charge on any atom is -0.472 e. The Labute approximate surface area is 71.6 Å². The molecule has 1 rings (SSSR count). The van der Waals surface area contributed by atoms with Gasteiger partial charge in [-0.1, -0.05) is 6.92 Å². The lowest BCUT2D eigenvalue weighted by Crippen LogP contribution is -2.22. The Hall–Kier alpha value is -1.09. The van der Waals surface area contributed by atoms with Crippen molar-refractivity contribution in [2.24, 2.45) is 5.73 Å². The van der Waals surface area contributed by atoms with Crippen LogP contribution in [0.5, 0.6) is 0 Å². The Bertz CT molecular complexity index is 241. The smallest absolute Gasteiger partial charge is 0.167 e. The maximum absolute atomic E-state index is 11.3. The van der Waals surface area contributed by atoms with E-state index in [0.717, 1.165) is 6.42 Å². The summed E-state index contributed by atoms with van der Waals surface area (Å²) in [4.78, 5) is 11.3. The van der Waals surface area contributed by atoms with E-state index in [0.29, 0.717) is 12.0 Å². The van der Waals surface area contributed by atoms with Gasteiger partial charge >= 0.3 is 0 Å². The van der Waals surface area contributed by atoms with Gasteiger partial charge in [-0.25, -0.2) is 0 Å². The Morgan fingerprint density at radius 1 is 1.75 bits per heavy atom. The topological polar surface area (TPSA) is 56.2 Å². The highest BCUT2D eigenvalue weighted by molar-refractivity contribution is 5.96. The number of furan rings is 1. The average Bonchev–Trinajstić information content (AvgIpc) is 2.56. The summed E-state index contributed by atoms with van der Waals surface area (Å²) >= 11 is 0. The first kappa shape index (κ1) is 9.00. The fourth-order valence-electron chi connectivity index (χ4n) is 0.923. The average molecular weight is 167 g/mol. The number of ketones is 1. The quantitative estimate of drug-likeness (QED) is 0.693. The molecule has 0 amide bonds. The van der Waals surface area contributed by atoms with Crippen molar-refractivity contribution >= 4 is 5.78 Å². The molecule has 3 nitrogen and oxygen atoms in total. The van der Waals surface area contributed by atoms with Crippen LogP contribution in [0.15, 0.2) is 23.0 Å². The molecule has 0 saturated carbocycles. The largest absolute Gasteiger partial charge is 0.472 e. The van der Waals surface area contributed by atoms with Crippen molar-refractivity contribution in [3.63, 3.8) is 0 Å². The van der Waals surface area contributed by atoms with E-state index in [9.17, 15) is 4.79 Å². The maximum Gasteiger partial charge on any atom is 0.167 e.